The maximum Gasteiger partial charge on any atom is 0.267 e. The summed E-state index contributed by atoms with van der Waals surface area (Å²) in [4.78, 5) is 23.9. The molecule has 6 nitrogen and oxygen atoms in total. The van der Waals surface area contributed by atoms with E-state index in [1.54, 1.807) is 30.3 Å². The van der Waals surface area contributed by atoms with E-state index in [1.165, 1.54) is 12.3 Å². The van der Waals surface area contributed by atoms with Gasteiger partial charge in [0.05, 0.1) is 6.26 Å². The summed E-state index contributed by atoms with van der Waals surface area (Å²) in [6.07, 6.45) is 1.52. The molecular weight excluding hydrogens is 330 g/mol. The summed E-state index contributed by atoms with van der Waals surface area (Å²) in [6, 6.07) is 13.6. The largest absolute Gasteiger partial charge is 0.463 e. The average Bonchev–Trinajstić information content (AvgIpc) is 3.10. The zero-order valence-electron chi connectivity index (χ0n) is 12.6. The van der Waals surface area contributed by atoms with Gasteiger partial charge in [0, 0.05) is 17.6 Å². The van der Waals surface area contributed by atoms with Crippen molar-refractivity contribution in [3.63, 3.8) is 0 Å². The first kappa shape index (κ1) is 16.0. The van der Waals surface area contributed by atoms with Gasteiger partial charge in [-0.25, -0.2) is 4.68 Å². The van der Waals surface area contributed by atoms with Crippen LogP contribution in [0.25, 0.3) is 11.5 Å². The lowest BCUT2D eigenvalue weighted by atomic mass is 10.2. The number of furan rings is 1. The molecule has 0 spiro atoms. The van der Waals surface area contributed by atoms with Crippen LogP contribution in [-0.4, -0.2) is 15.7 Å². The molecule has 0 bridgehead atoms. The quantitative estimate of drug-likeness (QED) is 0.772. The number of halogens is 1. The van der Waals surface area contributed by atoms with Gasteiger partial charge in [0.1, 0.15) is 12.2 Å². The Balaban J connectivity index is 1.68. The van der Waals surface area contributed by atoms with Gasteiger partial charge in [0.2, 0.25) is 5.91 Å². The van der Waals surface area contributed by atoms with E-state index in [4.69, 9.17) is 16.0 Å². The van der Waals surface area contributed by atoms with E-state index in [0.29, 0.717) is 23.0 Å². The molecule has 0 aliphatic carbocycles. The van der Waals surface area contributed by atoms with Crippen molar-refractivity contribution in [1.82, 2.24) is 15.1 Å². The van der Waals surface area contributed by atoms with Gasteiger partial charge in [-0.05, 0) is 35.9 Å². The van der Waals surface area contributed by atoms with Crippen LogP contribution in [0.1, 0.15) is 5.56 Å². The molecule has 2 heterocycles. The maximum absolute atomic E-state index is 12.1. The lowest BCUT2D eigenvalue weighted by Gasteiger charge is -2.08. The summed E-state index contributed by atoms with van der Waals surface area (Å²) in [5, 5.41) is 7.49. The first-order valence-corrected chi connectivity index (χ1v) is 7.63. The molecule has 122 valence electrons. The Kier molecular flexibility index (Phi) is 4.77. The minimum Gasteiger partial charge on any atom is -0.463 e. The molecule has 3 aromatic rings. The van der Waals surface area contributed by atoms with Crippen molar-refractivity contribution in [1.29, 1.82) is 0 Å². The van der Waals surface area contributed by atoms with Crippen molar-refractivity contribution in [2.75, 3.05) is 0 Å². The molecule has 0 unspecified atom stereocenters. The Morgan fingerprint density at radius 2 is 2.08 bits per heavy atom. The summed E-state index contributed by atoms with van der Waals surface area (Å²) in [5.41, 5.74) is 1.01. The summed E-state index contributed by atoms with van der Waals surface area (Å²) in [7, 11) is 0. The van der Waals surface area contributed by atoms with Crippen molar-refractivity contribution in [3.05, 3.63) is 75.7 Å². The van der Waals surface area contributed by atoms with E-state index in [0.717, 1.165) is 10.2 Å². The molecule has 0 saturated carbocycles. The Labute approximate surface area is 142 Å². The van der Waals surface area contributed by atoms with Gasteiger partial charge in [-0.1, -0.05) is 23.7 Å². The SMILES string of the molecule is O=C(Cn1nc(-c2ccco2)ccc1=O)NCc1cccc(Cl)c1. The first-order chi connectivity index (χ1) is 11.6. The summed E-state index contributed by atoms with van der Waals surface area (Å²) in [6.45, 7) is 0.153. The van der Waals surface area contributed by atoms with Crippen LogP contribution in [0.15, 0.2) is 64.0 Å². The molecule has 24 heavy (non-hydrogen) atoms. The number of aromatic nitrogens is 2. The predicted molar refractivity (Wildman–Crippen MR) is 89.5 cm³/mol. The highest BCUT2D eigenvalue weighted by Gasteiger charge is 2.09. The molecular formula is C17H14ClN3O3. The van der Waals surface area contributed by atoms with Crippen molar-refractivity contribution in [2.24, 2.45) is 0 Å². The Morgan fingerprint density at radius 3 is 2.83 bits per heavy atom. The van der Waals surface area contributed by atoms with Crippen LogP contribution >= 0.6 is 11.6 Å². The monoisotopic (exact) mass is 343 g/mol. The molecule has 0 saturated heterocycles. The lowest BCUT2D eigenvalue weighted by Crippen LogP contribution is -2.33. The van der Waals surface area contributed by atoms with Crippen LogP contribution < -0.4 is 10.9 Å². The molecule has 3 rings (SSSR count). The van der Waals surface area contributed by atoms with Crippen LogP contribution in [0.4, 0.5) is 0 Å². The first-order valence-electron chi connectivity index (χ1n) is 7.25. The molecule has 1 aromatic carbocycles. The van der Waals surface area contributed by atoms with E-state index in [9.17, 15) is 9.59 Å². The van der Waals surface area contributed by atoms with Crippen molar-refractivity contribution < 1.29 is 9.21 Å². The van der Waals surface area contributed by atoms with Crippen molar-refractivity contribution in [2.45, 2.75) is 13.1 Å². The second kappa shape index (κ2) is 7.14. The number of hydrogen-bond donors (Lipinski definition) is 1. The van der Waals surface area contributed by atoms with Crippen LogP contribution in [0.5, 0.6) is 0 Å². The van der Waals surface area contributed by atoms with Gasteiger partial charge in [-0.3, -0.25) is 9.59 Å². The van der Waals surface area contributed by atoms with Gasteiger partial charge in [-0.15, -0.1) is 0 Å². The molecule has 0 radical (unpaired) electrons. The highest BCUT2D eigenvalue weighted by atomic mass is 35.5. The number of hydrogen-bond acceptors (Lipinski definition) is 4. The number of carbonyl (C=O) groups is 1. The molecule has 0 atom stereocenters. The Morgan fingerprint density at radius 1 is 1.21 bits per heavy atom. The van der Waals surface area contributed by atoms with E-state index in [-0.39, 0.29) is 18.0 Å². The van der Waals surface area contributed by atoms with E-state index >= 15 is 0 Å². The zero-order valence-corrected chi connectivity index (χ0v) is 13.4. The highest BCUT2D eigenvalue weighted by molar-refractivity contribution is 6.30. The van der Waals surface area contributed by atoms with E-state index in [2.05, 4.69) is 10.4 Å². The minimum absolute atomic E-state index is 0.173. The third-order valence-electron chi connectivity index (χ3n) is 3.31. The topological polar surface area (TPSA) is 77.1 Å². The second-order valence-corrected chi connectivity index (χ2v) is 5.53. The summed E-state index contributed by atoms with van der Waals surface area (Å²) in [5.74, 6) is 0.212. The number of rotatable bonds is 5. The average molecular weight is 344 g/mol. The fourth-order valence-corrected chi connectivity index (χ4v) is 2.37. The summed E-state index contributed by atoms with van der Waals surface area (Å²) >= 11 is 5.90. The van der Waals surface area contributed by atoms with Gasteiger partial charge in [0.25, 0.3) is 5.56 Å². The molecule has 0 aliphatic heterocycles. The number of amides is 1. The Bertz CT molecular complexity index is 903. The molecule has 7 heteroatoms. The number of carbonyl (C=O) groups excluding carboxylic acids is 1. The minimum atomic E-state index is -0.358. The third kappa shape index (κ3) is 3.91. The molecule has 2 aromatic heterocycles. The molecule has 0 fully saturated rings. The zero-order chi connectivity index (χ0) is 16.9. The predicted octanol–water partition coefficient (Wildman–Crippen LogP) is 2.47. The van der Waals surface area contributed by atoms with Gasteiger partial charge in [0.15, 0.2) is 5.76 Å². The molecule has 0 aliphatic rings. The maximum atomic E-state index is 12.1. The van der Waals surface area contributed by atoms with E-state index in [1.807, 2.05) is 12.1 Å². The van der Waals surface area contributed by atoms with Gasteiger partial charge >= 0.3 is 0 Å². The van der Waals surface area contributed by atoms with Gasteiger partial charge in [-0.2, -0.15) is 5.10 Å². The Hall–Kier alpha value is -2.86. The number of nitrogens with zero attached hydrogens (tertiary/aromatic N) is 2. The lowest BCUT2D eigenvalue weighted by molar-refractivity contribution is -0.122. The standard InChI is InChI=1S/C17H14ClN3O3/c18-13-4-1-3-12(9-13)10-19-16(22)11-21-17(23)7-6-14(20-21)15-5-2-8-24-15/h1-9H,10-11H2,(H,19,22). The molecule has 1 amide bonds. The van der Waals surface area contributed by atoms with Crippen molar-refractivity contribution in [3.8, 4) is 11.5 Å². The van der Waals surface area contributed by atoms with Gasteiger partial charge < -0.3 is 9.73 Å². The van der Waals surface area contributed by atoms with Crippen LogP contribution in [-0.2, 0) is 17.9 Å². The number of nitrogens with one attached hydrogen (secondary N) is 1. The summed E-state index contributed by atoms with van der Waals surface area (Å²) < 4.78 is 6.35. The van der Waals surface area contributed by atoms with Crippen LogP contribution in [0.2, 0.25) is 5.02 Å². The fraction of sp³-hybridized carbons (Fsp3) is 0.118. The smallest absolute Gasteiger partial charge is 0.267 e. The van der Waals surface area contributed by atoms with E-state index < -0.39 is 0 Å². The van der Waals surface area contributed by atoms with Crippen molar-refractivity contribution >= 4 is 17.5 Å². The fourth-order valence-electron chi connectivity index (χ4n) is 2.16. The molecule has 1 N–H and O–H groups in total. The normalized spacial score (nSPS) is 10.5. The highest BCUT2D eigenvalue weighted by Crippen LogP contribution is 2.15. The number of benzene rings is 1. The third-order valence-corrected chi connectivity index (χ3v) is 3.55. The van der Waals surface area contributed by atoms with Crippen LogP contribution in [0, 0.1) is 0 Å². The van der Waals surface area contributed by atoms with Crippen LogP contribution in [0.3, 0.4) is 0 Å². The second-order valence-electron chi connectivity index (χ2n) is 5.10.